The van der Waals surface area contributed by atoms with Gasteiger partial charge in [0.25, 0.3) is 0 Å². The maximum absolute atomic E-state index is 10.3. The Balaban J connectivity index is 1.60. The standard InChI is InChI=1S/C21H36O2/c1-13(22)17-6-7-18-16-5-4-14-12-15(23)8-10-20(14,2)19(16)9-11-21(17,18)3/h13-19,22-23H,4-12H2,1-3H3/t13-,14+,15-,16?,17-,18?,19?,20+,21-/m1/s1. The lowest BCUT2D eigenvalue weighted by atomic mass is 9.44. The van der Waals surface area contributed by atoms with Crippen molar-refractivity contribution < 1.29 is 10.2 Å². The van der Waals surface area contributed by atoms with E-state index in [1.807, 2.05) is 6.92 Å². The number of hydrogen-bond donors (Lipinski definition) is 2. The van der Waals surface area contributed by atoms with Crippen LogP contribution in [0.5, 0.6) is 0 Å². The quantitative estimate of drug-likeness (QED) is 0.752. The molecule has 0 heterocycles. The smallest absolute Gasteiger partial charge is 0.0545 e. The molecule has 0 saturated heterocycles. The van der Waals surface area contributed by atoms with Crippen molar-refractivity contribution in [3.05, 3.63) is 0 Å². The number of fused-ring (bicyclic) bond motifs is 5. The first-order valence-electron chi connectivity index (χ1n) is 10.2. The minimum atomic E-state index is -0.140. The van der Waals surface area contributed by atoms with Crippen LogP contribution < -0.4 is 0 Å². The molecule has 4 fully saturated rings. The fourth-order valence-electron chi connectivity index (χ4n) is 8.07. The summed E-state index contributed by atoms with van der Waals surface area (Å²) in [6.45, 7) is 7.08. The molecule has 4 aliphatic rings. The van der Waals surface area contributed by atoms with Gasteiger partial charge in [-0.1, -0.05) is 13.8 Å². The van der Waals surface area contributed by atoms with Gasteiger partial charge in [-0.15, -0.1) is 0 Å². The Labute approximate surface area is 142 Å². The molecule has 4 saturated carbocycles. The van der Waals surface area contributed by atoms with Crippen LogP contribution in [-0.4, -0.2) is 22.4 Å². The van der Waals surface area contributed by atoms with Gasteiger partial charge < -0.3 is 10.2 Å². The molecule has 4 rings (SSSR count). The van der Waals surface area contributed by atoms with Gasteiger partial charge in [-0.3, -0.25) is 0 Å². The van der Waals surface area contributed by atoms with Crippen molar-refractivity contribution in [2.45, 2.75) is 90.8 Å². The van der Waals surface area contributed by atoms with Crippen LogP contribution >= 0.6 is 0 Å². The highest BCUT2D eigenvalue weighted by molar-refractivity contribution is 5.09. The van der Waals surface area contributed by atoms with E-state index in [-0.39, 0.29) is 12.2 Å². The lowest BCUT2D eigenvalue weighted by molar-refractivity contribution is -0.132. The van der Waals surface area contributed by atoms with Crippen LogP contribution in [-0.2, 0) is 0 Å². The predicted octanol–water partition coefficient (Wildman–Crippen LogP) is 4.39. The van der Waals surface area contributed by atoms with Gasteiger partial charge in [0.2, 0.25) is 0 Å². The SMILES string of the molecule is C[C@@H](O)[C@H]1CCC2C3CC[C@H]4C[C@H](O)CC[C@]4(C)C3CC[C@@]21C. The highest BCUT2D eigenvalue weighted by atomic mass is 16.3. The molecule has 2 nitrogen and oxygen atoms in total. The minimum Gasteiger partial charge on any atom is -0.393 e. The molecule has 23 heavy (non-hydrogen) atoms. The zero-order chi connectivity index (χ0) is 16.4. The number of hydrogen-bond acceptors (Lipinski definition) is 2. The van der Waals surface area contributed by atoms with Gasteiger partial charge in [0.05, 0.1) is 12.2 Å². The van der Waals surface area contributed by atoms with Crippen molar-refractivity contribution in [2.75, 3.05) is 0 Å². The zero-order valence-corrected chi connectivity index (χ0v) is 15.3. The van der Waals surface area contributed by atoms with Gasteiger partial charge >= 0.3 is 0 Å². The number of aliphatic hydroxyl groups is 2. The van der Waals surface area contributed by atoms with Crippen LogP contribution in [0.15, 0.2) is 0 Å². The molecule has 0 aromatic rings. The Hall–Kier alpha value is -0.0800. The van der Waals surface area contributed by atoms with E-state index in [1.54, 1.807) is 0 Å². The van der Waals surface area contributed by atoms with Gasteiger partial charge in [0.1, 0.15) is 0 Å². The second-order valence-corrected chi connectivity index (χ2v) is 10.1. The maximum Gasteiger partial charge on any atom is 0.0545 e. The molecule has 0 aromatic heterocycles. The first-order chi connectivity index (χ1) is 10.9. The van der Waals surface area contributed by atoms with Gasteiger partial charge in [0, 0.05) is 0 Å². The Morgan fingerprint density at radius 2 is 1.57 bits per heavy atom. The molecule has 0 radical (unpaired) electrons. The fourth-order valence-corrected chi connectivity index (χ4v) is 8.07. The molecule has 0 aliphatic heterocycles. The summed E-state index contributed by atoms with van der Waals surface area (Å²) in [7, 11) is 0. The van der Waals surface area contributed by atoms with Gasteiger partial charge in [-0.05, 0) is 105 Å². The molecular weight excluding hydrogens is 284 g/mol. The van der Waals surface area contributed by atoms with E-state index in [0.717, 1.165) is 36.5 Å². The Morgan fingerprint density at radius 3 is 2.30 bits per heavy atom. The molecule has 0 aromatic carbocycles. The summed E-state index contributed by atoms with van der Waals surface area (Å²) in [5.41, 5.74) is 0.860. The van der Waals surface area contributed by atoms with E-state index in [4.69, 9.17) is 0 Å². The van der Waals surface area contributed by atoms with Crippen LogP contribution in [0.1, 0.15) is 78.6 Å². The summed E-state index contributed by atoms with van der Waals surface area (Å²) >= 11 is 0. The van der Waals surface area contributed by atoms with Gasteiger partial charge in [-0.25, -0.2) is 0 Å². The van der Waals surface area contributed by atoms with Crippen LogP contribution in [0, 0.1) is 40.4 Å². The molecule has 9 atom stereocenters. The molecule has 0 bridgehead atoms. The van der Waals surface area contributed by atoms with E-state index in [1.165, 1.54) is 44.9 Å². The van der Waals surface area contributed by atoms with E-state index in [2.05, 4.69) is 13.8 Å². The normalized spacial score (nSPS) is 57.3. The van der Waals surface area contributed by atoms with Crippen molar-refractivity contribution >= 4 is 0 Å². The van der Waals surface area contributed by atoms with Crippen molar-refractivity contribution in [3.63, 3.8) is 0 Å². The Kier molecular flexibility index (Phi) is 3.89. The summed E-state index contributed by atoms with van der Waals surface area (Å²) in [6, 6.07) is 0. The van der Waals surface area contributed by atoms with Crippen LogP contribution in [0.25, 0.3) is 0 Å². The fraction of sp³-hybridized carbons (Fsp3) is 1.00. The highest BCUT2D eigenvalue weighted by Crippen LogP contribution is 2.67. The summed E-state index contributed by atoms with van der Waals surface area (Å²) in [5, 5.41) is 20.4. The second kappa shape index (κ2) is 5.46. The Morgan fingerprint density at radius 1 is 0.870 bits per heavy atom. The Bertz CT molecular complexity index is 461. The summed E-state index contributed by atoms with van der Waals surface area (Å²) in [5.74, 6) is 3.87. The summed E-state index contributed by atoms with van der Waals surface area (Å²) in [4.78, 5) is 0. The van der Waals surface area contributed by atoms with E-state index in [9.17, 15) is 10.2 Å². The maximum atomic E-state index is 10.3. The average molecular weight is 321 g/mol. The van der Waals surface area contributed by atoms with E-state index < -0.39 is 0 Å². The third kappa shape index (κ3) is 2.27. The van der Waals surface area contributed by atoms with Crippen molar-refractivity contribution in [1.82, 2.24) is 0 Å². The highest BCUT2D eigenvalue weighted by Gasteiger charge is 2.60. The lowest BCUT2D eigenvalue weighted by Crippen LogP contribution is -2.54. The average Bonchev–Trinajstić information content (AvgIpc) is 2.85. The first-order valence-corrected chi connectivity index (χ1v) is 10.2. The first kappa shape index (κ1) is 16.4. The van der Waals surface area contributed by atoms with Crippen molar-refractivity contribution in [2.24, 2.45) is 40.4 Å². The van der Waals surface area contributed by atoms with Crippen LogP contribution in [0.4, 0.5) is 0 Å². The largest absolute Gasteiger partial charge is 0.393 e. The molecule has 0 amide bonds. The topological polar surface area (TPSA) is 40.5 Å². The van der Waals surface area contributed by atoms with Crippen LogP contribution in [0.3, 0.4) is 0 Å². The molecule has 2 N–H and O–H groups in total. The summed E-state index contributed by atoms with van der Waals surface area (Å²) < 4.78 is 0. The van der Waals surface area contributed by atoms with Crippen molar-refractivity contribution in [1.29, 1.82) is 0 Å². The van der Waals surface area contributed by atoms with Crippen molar-refractivity contribution in [3.8, 4) is 0 Å². The lowest BCUT2D eigenvalue weighted by Gasteiger charge is -2.61. The third-order valence-corrected chi connectivity index (χ3v) is 9.29. The zero-order valence-electron chi connectivity index (χ0n) is 15.3. The second-order valence-electron chi connectivity index (χ2n) is 10.1. The number of aliphatic hydroxyl groups excluding tert-OH is 2. The monoisotopic (exact) mass is 320 g/mol. The molecule has 4 aliphatic carbocycles. The molecular formula is C21H36O2. The predicted molar refractivity (Wildman–Crippen MR) is 92.9 cm³/mol. The molecule has 0 spiro atoms. The van der Waals surface area contributed by atoms with Gasteiger partial charge in [0.15, 0.2) is 0 Å². The third-order valence-electron chi connectivity index (χ3n) is 9.29. The van der Waals surface area contributed by atoms with Gasteiger partial charge in [-0.2, -0.15) is 0 Å². The minimum absolute atomic E-state index is 0.0374. The molecule has 2 heteroatoms. The van der Waals surface area contributed by atoms with E-state index in [0.29, 0.717) is 16.7 Å². The molecule has 132 valence electrons. The van der Waals surface area contributed by atoms with Crippen LogP contribution in [0.2, 0.25) is 0 Å². The van der Waals surface area contributed by atoms with E-state index >= 15 is 0 Å². The molecule has 3 unspecified atom stereocenters. The summed E-state index contributed by atoms with van der Waals surface area (Å²) in [6.07, 6.45) is 11.1. The number of rotatable bonds is 1.